The highest BCUT2D eigenvalue weighted by Gasteiger charge is 2.39. The first kappa shape index (κ1) is 22.6. The van der Waals surface area contributed by atoms with Gasteiger partial charge in [-0.1, -0.05) is 13.0 Å². The van der Waals surface area contributed by atoms with Gasteiger partial charge in [0.25, 0.3) is 0 Å². The van der Waals surface area contributed by atoms with Crippen LogP contribution in [0.25, 0.3) is 0 Å². The average molecular weight is 360 g/mol. The lowest BCUT2D eigenvalue weighted by Gasteiger charge is -2.33. The van der Waals surface area contributed by atoms with Crippen molar-refractivity contribution < 1.29 is 43.6 Å². The van der Waals surface area contributed by atoms with Crippen molar-refractivity contribution in [2.75, 3.05) is 0 Å². The molecule has 0 amide bonds. The molecule has 0 aliphatic carbocycles. The van der Waals surface area contributed by atoms with Crippen LogP contribution in [0, 0.1) is 0 Å². The van der Waals surface area contributed by atoms with E-state index in [0.29, 0.717) is 0 Å². The second kappa shape index (κ2) is 11.2. The summed E-state index contributed by atoms with van der Waals surface area (Å²) in [6.07, 6.45) is -2.89. The van der Waals surface area contributed by atoms with E-state index in [1.807, 2.05) is 0 Å². The van der Waals surface area contributed by atoms with Gasteiger partial charge in [-0.2, -0.15) is 0 Å². The summed E-state index contributed by atoms with van der Waals surface area (Å²) in [4.78, 5) is 44.5. The van der Waals surface area contributed by atoms with Crippen LogP contribution in [0.2, 0.25) is 0 Å². The van der Waals surface area contributed by atoms with E-state index in [1.54, 1.807) is 6.92 Å². The van der Waals surface area contributed by atoms with Gasteiger partial charge in [-0.25, -0.2) is 4.79 Å². The highest BCUT2D eigenvalue weighted by atomic mass is 16.6. The highest BCUT2D eigenvalue weighted by Crippen LogP contribution is 2.21. The molecule has 0 saturated carbocycles. The van der Waals surface area contributed by atoms with E-state index in [-0.39, 0.29) is 12.8 Å². The maximum atomic E-state index is 11.4. The van der Waals surface area contributed by atoms with E-state index in [1.165, 1.54) is 13.0 Å². The fraction of sp³-hybridized carbons (Fsp3) is 0.625. The summed E-state index contributed by atoms with van der Waals surface area (Å²) in [5.41, 5.74) is 0. The van der Waals surface area contributed by atoms with Gasteiger partial charge < -0.3 is 24.4 Å². The number of aliphatic hydroxyl groups excluding tert-OH is 1. The standard InChI is InChI=1S/C16H24O9/c1-5-13(23-9(2)17)16(25-11(4)19)15(24-10(3)18)12(20)7-6-8-14(21)22/h6,8,12-13,15-16,20H,5,7H2,1-4H3,(H,21,22)/b8-6-. The maximum Gasteiger partial charge on any atom is 0.327 e. The van der Waals surface area contributed by atoms with Crippen LogP contribution in [0.1, 0.15) is 40.5 Å². The Morgan fingerprint density at radius 3 is 1.80 bits per heavy atom. The Morgan fingerprint density at radius 1 is 0.920 bits per heavy atom. The van der Waals surface area contributed by atoms with E-state index >= 15 is 0 Å². The van der Waals surface area contributed by atoms with E-state index in [0.717, 1.165) is 19.9 Å². The number of esters is 3. The molecule has 25 heavy (non-hydrogen) atoms. The number of rotatable bonds is 10. The molecule has 0 rings (SSSR count). The monoisotopic (exact) mass is 360 g/mol. The largest absolute Gasteiger partial charge is 0.478 e. The summed E-state index contributed by atoms with van der Waals surface area (Å²) >= 11 is 0. The number of carbonyl (C=O) groups is 4. The van der Waals surface area contributed by atoms with Crippen LogP contribution >= 0.6 is 0 Å². The summed E-state index contributed by atoms with van der Waals surface area (Å²) in [5.74, 6) is -3.31. The van der Waals surface area contributed by atoms with E-state index in [2.05, 4.69) is 0 Å². The minimum Gasteiger partial charge on any atom is -0.478 e. The predicted molar refractivity (Wildman–Crippen MR) is 84.4 cm³/mol. The molecule has 9 heteroatoms. The lowest BCUT2D eigenvalue weighted by molar-refractivity contribution is -0.192. The summed E-state index contributed by atoms with van der Waals surface area (Å²) < 4.78 is 15.3. The lowest BCUT2D eigenvalue weighted by Crippen LogP contribution is -2.50. The number of aliphatic carboxylic acids is 1. The fourth-order valence-electron chi connectivity index (χ4n) is 2.14. The van der Waals surface area contributed by atoms with Crippen molar-refractivity contribution in [2.45, 2.75) is 65.0 Å². The van der Waals surface area contributed by atoms with Gasteiger partial charge in [-0.3, -0.25) is 14.4 Å². The number of aliphatic hydroxyl groups is 1. The Kier molecular flexibility index (Phi) is 10.1. The van der Waals surface area contributed by atoms with Crippen LogP contribution in [-0.4, -0.2) is 58.5 Å². The zero-order valence-electron chi connectivity index (χ0n) is 14.6. The molecular weight excluding hydrogens is 336 g/mol. The molecule has 4 unspecified atom stereocenters. The Balaban J connectivity index is 5.57. The first-order chi connectivity index (χ1) is 11.6. The third-order valence-corrected chi connectivity index (χ3v) is 3.03. The second-order valence-electron chi connectivity index (χ2n) is 5.25. The fourth-order valence-corrected chi connectivity index (χ4v) is 2.14. The number of carbonyl (C=O) groups excluding carboxylic acids is 3. The topological polar surface area (TPSA) is 136 Å². The van der Waals surface area contributed by atoms with Crippen LogP contribution in [-0.2, 0) is 33.4 Å². The molecule has 0 aromatic rings. The molecule has 0 fully saturated rings. The molecule has 2 N–H and O–H groups in total. The van der Waals surface area contributed by atoms with Crippen LogP contribution in [0.4, 0.5) is 0 Å². The molecule has 0 bridgehead atoms. The second-order valence-corrected chi connectivity index (χ2v) is 5.25. The van der Waals surface area contributed by atoms with Gasteiger partial charge in [0.05, 0.1) is 6.10 Å². The number of carboxylic acids is 1. The maximum absolute atomic E-state index is 11.4. The van der Waals surface area contributed by atoms with Crippen molar-refractivity contribution in [3.63, 3.8) is 0 Å². The quantitative estimate of drug-likeness (QED) is 0.325. The van der Waals surface area contributed by atoms with Gasteiger partial charge in [0.1, 0.15) is 6.10 Å². The zero-order valence-corrected chi connectivity index (χ0v) is 14.6. The van der Waals surface area contributed by atoms with E-state index in [9.17, 15) is 24.3 Å². The van der Waals surface area contributed by atoms with Crippen molar-refractivity contribution >= 4 is 23.9 Å². The van der Waals surface area contributed by atoms with Gasteiger partial charge in [0, 0.05) is 26.8 Å². The normalized spacial score (nSPS) is 15.7. The predicted octanol–water partition coefficient (Wildman–Crippen LogP) is 0.583. The summed E-state index contributed by atoms with van der Waals surface area (Å²) in [6.45, 7) is 5.05. The van der Waals surface area contributed by atoms with Crippen LogP contribution in [0.15, 0.2) is 12.2 Å². The molecule has 0 aliphatic heterocycles. The molecule has 142 valence electrons. The van der Waals surface area contributed by atoms with Crippen molar-refractivity contribution in [3.05, 3.63) is 12.2 Å². The minimum atomic E-state index is -1.38. The molecule has 0 radical (unpaired) electrons. The Labute approximate surface area is 145 Å². The minimum absolute atomic E-state index is 0.182. The number of carboxylic acid groups (broad SMARTS) is 1. The molecule has 0 saturated heterocycles. The molecule has 0 spiro atoms. The zero-order chi connectivity index (χ0) is 19.6. The van der Waals surface area contributed by atoms with Gasteiger partial charge in [-0.15, -0.1) is 0 Å². The van der Waals surface area contributed by atoms with Crippen molar-refractivity contribution in [1.82, 2.24) is 0 Å². The smallest absolute Gasteiger partial charge is 0.327 e. The first-order valence-corrected chi connectivity index (χ1v) is 7.67. The third-order valence-electron chi connectivity index (χ3n) is 3.03. The van der Waals surface area contributed by atoms with E-state index < -0.39 is 48.3 Å². The van der Waals surface area contributed by atoms with Crippen molar-refractivity contribution in [2.24, 2.45) is 0 Å². The van der Waals surface area contributed by atoms with Crippen molar-refractivity contribution in [3.8, 4) is 0 Å². The molecule has 0 aromatic heterocycles. The summed E-state index contributed by atoms with van der Waals surface area (Å²) in [5, 5.41) is 18.9. The Bertz CT molecular complexity index is 512. The summed E-state index contributed by atoms with van der Waals surface area (Å²) in [6, 6.07) is 0. The Hall–Kier alpha value is -2.42. The molecule has 0 heterocycles. The number of hydrogen-bond acceptors (Lipinski definition) is 8. The highest BCUT2D eigenvalue weighted by molar-refractivity contribution is 5.79. The first-order valence-electron chi connectivity index (χ1n) is 7.67. The van der Waals surface area contributed by atoms with Gasteiger partial charge in [0.15, 0.2) is 12.2 Å². The molecule has 0 aliphatic rings. The van der Waals surface area contributed by atoms with Crippen LogP contribution in [0.5, 0.6) is 0 Å². The van der Waals surface area contributed by atoms with Crippen LogP contribution < -0.4 is 0 Å². The van der Waals surface area contributed by atoms with Gasteiger partial charge in [-0.05, 0) is 12.8 Å². The van der Waals surface area contributed by atoms with E-state index in [4.69, 9.17) is 19.3 Å². The third kappa shape index (κ3) is 9.46. The molecular formula is C16H24O9. The number of ether oxygens (including phenoxy) is 3. The molecule has 9 nitrogen and oxygen atoms in total. The average Bonchev–Trinajstić information content (AvgIpc) is 2.47. The van der Waals surface area contributed by atoms with Gasteiger partial charge >= 0.3 is 23.9 Å². The lowest BCUT2D eigenvalue weighted by atomic mass is 9.98. The van der Waals surface area contributed by atoms with Crippen LogP contribution in [0.3, 0.4) is 0 Å². The SMILES string of the molecule is CCC(OC(C)=O)C(OC(C)=O)C(OC(C)=O)C(O)C/C=C\C(=O)O. The van der Waals surface area contributed by atoms with Crippen molar-refractivity contribution in [1.29, 1.82) is 0 Å². The molecule has 4 atom stereocenters. The number of hydrogen-bond donors (Lipinski definition) is 2. The Morgan fingerprint density at radius 2 is 1.40 bits per heavy atom. The molecule has 0 aromatic carbocycles. The van der Waals surface area contributed by atoms with Gasteiger partial charge in [0.2, 0.25) is 0 Å². The summed E-state index contributed by atoms with van der Waals surface area (Å²) in [7, 11) is 0.